The summed E-state index contributed by atoms with van der Waals surface area (Å²) in [6.45, 7) is 5.04. The molecule has 0 saturated carbocycles. The van der Waals surface area contributed by atoms with E-state index in [9.17, 15) is 9.90 Å². The number of hydrogen-bond acceptors (Lipinski definition) is 5. The number of phenols is 1. The SMILES string of the molecule is CCOc1cc(CN2CCC(NC(=O)c3cncc(Br)c3)CC2)ccc1O. The van der Waals surface area contributed by atoms with Gasteiger partial charge >= 0.3 is 0 Å². The highest BCUT2D eigenvalue weighted by Crippen LogP contribution is 2.27. The summed E-state index contributed by atoms with van der Waals surface area (Å²) < 4.78 is 6.25. The molecule has 1 aliphatic rings. The quantitative estimate of drug-likeness (QED) is 0.730. The number of aromatic nitrogens is 1. The molecule has 27 heavy (non-hydrogen) atoms. The van der Waals surface area contributed by atoms with Crippen molar-refractivity contribution >= 4 is 21.8 Å². The summed E-state index contributed by atoms with van der Waals surface area (Å²) in [6.07, 6.45) is 5.05. The molecule has 1 fully saturated rings. The predicted octanol–water partition coefficient (Wildman–Crippen LogP) is 3.34. The molecule has 2 N–H and O–H groups in total. The molecule has 1 aliphatic heterocycles. The molecule has 0 unspecified atom stereocenters. The first-order valence-corrected chi connectivity index (χ1v) is 9.93. The Bertz CT molecular complexity index is 792. The van der Waals surface area contributed by atoms with E-state index in [2.05, 4.69) is 31.1 Å². The number of phenolic OH excluding ortho intramolecular Hbond substituents is 1. The van der Waals surface area contributed by atoms with Gasteiger partial charge in [-0.15, -0.1) is 0 Å². The molecule has 1 amide bonds. The van der Waals surface area contributed by atoms with Crippen LogP contribution in [0.15, 0.2) is 41.1 Å². The first kappa shape index (κ1) is 19.6. The van der Waals surface area contributed by atoms with E-state index in [-0.39, 0.29) is 17.7 Å². The Morgan fingerprint density at radius 1 is 1.33 bits per heavy atom. The number of benzene rings is 1. The average molecular weight is 434 g/mol. The third-order valence-corrected chi connectivity index (χ3v) is 5.05. The van der Waals surface area contributed by atoms with Crippen LogP contribution in [0.3, 0.4) is 0 Å². The number of likely N-dealkylation sites (tertiary alicyclic amines) is 1. The third kappa shape index (κ3) is 5.43. The van der Waals surface area contributed by atoms with Crippen molar-refractivity contribution in [2.45, 2.75) is 32.4 Å². The number of piperidine rings is 1. The first-order chi connectivity index (χ1) is 13.0. The van der Waals surface area contributed by atoms with Gasteiger partial charge in [-0.2, -0.15) is 0 Å². The number of ether oxygens (including phenoxy) is 1. The van der Waals surface area contributed by atoms with Crippen molar-refractivity contribution in [3.8, 4) is 11.5 Å². The molecule has 2 aromatic rings. The number of hydrogen-bond donors (Lipinski definition) is 2. The highest BCUT2D eigenvalue weighted by molar-refractivity contribution is 9.10. The molecule has 0 aliphatic carbocycles. The van der Waals surface area contributed by atoms with Crippen LogP contribution in [0.25, 0.3) is 0 Å². The Labute approximate surface area is 167 Å². The maximum absolute atomic E-state index is 12.3. The number of nitrogens with one attached hydrogen (secondary N) is 1. The van der Waals surface area contributed by atoms with Crippen molar-refractivity contribution < 1.29 is 14.6 Å². The summed E-state index contributed by atoms with van der Waals surface area (Å²) in [7, 11) is 0. The molecular weight excluding hydrogens is 410 g/mol. The summed E-state index contributed by atoms with van der Waals surface area (Å²) in [5.74, 6) is 0.617. The van der Waals surface area contributed by atoms with Crippen LogP contribution in [-0.2, 0) is 6.54 Å². The van der Waals surface area contributed by atoms with E-state index in [4.69, 9.17) is 4.74 Å². The molecule has 6 nitrogen and oxygen atoms in total. The molecule has 7 heteroatoms. The van der Waals surface area contributed by atoms with Crippen LogP contribution in [0.4, 0.5) is 0 Å². The lowest BCUT2D eigenvalue weighted by Gasteiger charge is -2.32. The zero-order valence-electron chi connectivity index (χ0n) is 15.3. The Morgan fingerprint density at radius 3 is 2.81 bits per heavy atom. The second kappa shape index (κ2) is 9.19. The predicted molar refractivity (Wildman–Crippen MR) is 107 cm³/mol. The number of aromatic hydroxyl groups is 1. The summed E-state index contributed by atoms with van der Waals surface area (Å²) in [5, 5.41) is 12.9. The van der Waals surface area contributed by atoms with Crippen LogP contribution < -0.4 is 10.1 Å². The highest BCUT2D eigenvalue weighted by atomic mass is 79.9. The van der Waals surface area contributed by atoms with Crippen LogP contribution in [0.1, 0.15) is 35.7 Å². The molecule has 1 aromatic heterocycles. The minimum Gasteiger partial charge on any atom is -0.504 e. The first-order valence-electron chi connectivity index (χ1n) is 9.13. The molecule has 3 rings (SSSR count). The zero-order valence-corrected chi connectivity index (χ0v) is 16.9. The number of amides is 1. The Hall–Kier alpha value is -2.12. The van der Waals surface area contributed by atoms with E-state index in [0.29, 0.717) is 17.9 Å². The number of nitrogens with zero attached hydrogens (tertiary/aromatic N) is 2. The zero-order chi connectivity index (χ0) is 19.2. The second-order valence-electron chi connectivity index (χ2n) is 6.65. The van der Waals surface area contributed by atoms with Crippen molar-refractivity contribution in [3.63, 3.8) is 0 Å². The highest BCUT2D eigenvalue weighted by Gasteiger charge is 2.21. The van der Waals surface area contributed by atoms with Crippen molar-refractivity contribution in [2.75, 3.05) is 19.7 Å². The minimum absolute atomic E-state index is 0.0814. The van der Waals surface area contributed by atoms with E-state index < -0.39 is 0 Å². The molecular formula is C20H24BrN3O3. The summed E-state index contributed by atoms with van der Waals surface area (Å²) in [5.41, 5.74) is 1.68. The number of rotatable bonds is 6. The van der Waals surface area contributed by atoms with E-state index in [1.807, 2.05) is 19.1 Å². The van der Waals surface area contributed by atoms with E-state index in [0.717, 1.165) is 42.5 Å². The van der Waals surface area contributed by atoms with E-state index in [1.165, 1.54) is 0 Å². The molecule has 0 spiro atoms. The van der Waals surface area contributed by atoms with Gasteiger partial charge in [0.1, 0.15) is 0 Å². The maximum atomic E-state index is 12.3. The van der Waals surface area contributed by atoms with Crippen molar-refractivity contribution in [1.82, 2.24) is 15.2 Å². The Balaban J connectivity index is 1.50. The van der Waals surface area contributed by atoms with Crippen molar-refractivity contribution in [3.05, 3.63) is 52.3 Å². The third-order valence-electron chi connectivity index (χ3n) is 4.62. The van der Waals surface area contributed by atoms with Gasteiger partial charge in [0.2, 0.25) is 0 Å². The van der Waals surface area contributed by atoms with Gasteiger partial charge in [-0.05, 0) is 59.5 Å². The van der Waals surface area contributed by atoms with Gasteiger partial charge in [-0.1, -0.05) is 6.07 Å². The van der Waals surface area contributed by atoms with Gasteiger partial charge in [0.25, 0.3) is 5.91 Å². The fourth-order valence-corrected chi connectivity index (χ4v) is 3.59. The van der Waals surface area contributed by atoms with Crippen LogP contribution in [0.2, 0.25) is 0 Å². The van der Waals surface area contributed by atoms with Gasteiger partial charge < -0.3 is 15.2 Å². The Morgan fingerprint density at radius 2 is 2.11 bits per heavy atom. The fourth-order valence-electron chi connectivity index (χ4n) is 3.23. The molecule has 0 bridgehead atoms. The Kier molecular flexibility index (Phi) is 6.68. The lowest BCUT2D eigenvalue weighted by Crippen LogP contribution is -2.44. The van der Waals surface area contributed by atoms with Crippen molar-refractivity contribution in [1.29, 1.82) is 0 Å². The molecule has 0 atom stereocenters. The second-order valence-corrected chi connectivity index (χ2v) is 7.57. The van der Waals surface area contributed by atoms with Gasteiger partial charge in [-0.25, -0.2) is 0 Å². The van der Waals surface area contributed by atoms with Crippen LogP contribution in [-0.4, -0.2) is 46.6 Å². The van der Waals surface area contributed by atoms with Gasteiger partial charge in [0.15, 0.2) is 11.5 Å². The normalized spacial score (nSPS) is 15.5. The summed E-state index contributed by atoms with van der Waals surface area (Å²) in [6, 6.07) is 7.45. The van der Waals surface area contributed by atoms with Gasteiger partial charge in [0, 0.05) is 42.5 Å². The maximum Gasteiger partial charge on any atom is 0.253 e. The summed E-state index contributed by atoms with van der Waals surface area (Å²) in [4.78, 5) is 18.7. The van der Waals surface area contributed by atoms with Crippen LogP contribution in [0.5, 0.6) is 11.5 Å². The summed E-state index contributed by atoms with van der Waals surface area (Å²) >= 11 is 3.34. The molecule has 1 aromatic carbocycles. The molecule has 144 valence electrons. The number of pyridine rings is 1. The van der Waals surface area contributed by atoms with Crippen molar-refractivity contribution in [2.24, 2.45) is 0 Å². The molecule has 0 radical (unpaired) electrons. The number of halogens is 1. The molecule has 1 saturated heterocycles. The topological polar surface area (TPSA) is 74.7 Å². The molecule has 2 heterocycles. The van der Waals surface area contributed by atoms with Gasteiger partial charge in [-0.3, -0.25) is 14.7 Å². The average Bonchev–Trinajstić information content (AvgIpc) is 2.66. The van der Waals surface area contributed by atoms with E-state index in [1.54, 1.807) is 24.5 Å². The van der Waals surface area contributed by atoms with E-state index >= 15 is 0 Å². The lowest BCUT2D eigenvalue weighted by molar-refractivity contribution is 0.0908. The van der Waals surface area contributed by atoms with Crippen LogP contribution >= 0.6 is 15.9 Å². The lowest BCUT2D eigenvalue weighted by atomic mass is 10.0. The fraction of sp³-hybridized carbons (Fsp3) is 0.400. The van der Waals surface area contributed by atoms with Crippen LogP contribution in [0, 0.1) is 0 Å². The van der Waals surface area contributed by atoms with Gasteiger partial charge in [0.05, 0.1) is 12.2 Å². The number of carbonyl (C=O) groups is 1. The monoisotopic (exact) mass is 433 g/mol. The standard InChI is InChI=1S/C20H24BrN3O3/c1-2-27-19-9-14(3-4-18(19)25)13-24-7-5-17(6-8-24)23-20(26)15-10-16(21)12-22-11-15/h3-4,9-12,17,25H,2,5-8,13H2,1H3,(H,23,26). The largest absolute Gasteiger partial charge is 0.504 e. The minimum atomic E-state index is -0.0814. The smallest absolute Gasteiger partial charge is 0.253 e. The number of carbonyl (C=O) groups excluding carboxylic acids is 1.